The molecule has 0 radical (unpaired) electrons. The summed E-state index contributed by atoms with van der Waals surface area (Å²) in [7, 11) is 0. The van der Waals surface area contributed by atoms with Crippen molar-refractivity contribution in [1.82, 2.24) is 10.1 Å². The molecule has 0 saturated carbocycles. The highest BCUT2D eigenvalue weighted by molar-refractivity contribution is 5.36. The maximum Gasteiger partial charge on any atom is 0.148 e. The first-order valence-corrected chi connectivity index (χ1v) is 6.63. The van der Waals surface area contributed by atoms with Gasteiger partial charge in [-0.3, -0.25) is 4.98 Å². The third kappa shape index (κ3) is 1.77. The number of pyridine rings is 1. The molecule has 1 aliphatic carbocycles. The van der Waals surface area contributed by atoms with Crippen LogP contribution in [0, 0.1) is 6.92 Å². The fourth-order valence-electron chi connectivity index (χ4n) is 3.05. The van der Waals surface area contributed by atoms with E-state index in [0.29, 0.717) is 23.3 Å². The van der Waals surface area contributed by atoms with Gasteiger partial charge in [0.25, 0.3) is 0 Å². The van der Waals surface area contributed by atoms with E-state index < -0.39 is 17.1 Å². The van der Waals surface area contributed by atoms with Gasteiger partial charge < -0.3 is 14.7 Å². The number of hydrogen-bond donors (Lipinski definition) is 2. The quantitative estimate of drug-likeness (QED) is 0.831. The minimum atomic E-state index is -1.39. The van der Waals surface area contributed by atoms with E-state index in [-0.39, 0.29) is 0 Å². The van der Waals surface area contributed by atoms with E-state index in [1.807, 2.05) is 26.8 Å². The number of aliphatic hydroxyl groups excluding tert-OH is 1. The van der Waals surface area contributed by atoms with Crippen LogP contribution in [-0.2, 0) is 11.0 Å². The highest BCUT2D eigenvalue weighted by Gasteiger charge is 2.51. The van der Waals surface area contributed by atoms with Gasteiger partial charge in [-0.05, 0) is 19.4 Å². The molecule has 20 heavy (non-hydrogen) atoms. The molecular formula is C15H18N2O3. The molecule has 3 rings (SSSR count). The predicted molar refractivity (Wildman–Crippen MR) is 72.0 cm³/mol. The van der Waals surface area contributed by atoms with E-state index in [2.05, 4.69) is 10.1 Å². The molecule has 2 N–H and O–H groups in total. The summed E-state index contributed by atoms with van der Waals surface area (Å²) in [6, 6.07) is 3.64. The van der Waals surface area contributed by atoms with E-state index in [0.717, 1.165) is 5.69 Å². The Morgan fingerprint density at radius 3 is 2.70 bits per heavy atom. The van der Waals surface area contributed by atoms with Gasteiger partial charge in [-0.2, -0.15) is 0 Å². The molecule has 0 bridgehead atoms. The Morgan fingerprint density at radius 1 is 1.30 bits per heavy atom. The van der Waals surface area contributed by atoms with Crippen molar-refractivity contribution in [3.63, 3.8) is 0 Å². The molecule has 1 aliphatic rings. The van der Waals surface area contributed by atoms with Crippen molar-refractivity contribution in [2.75, 3.05) is 0 Å². The van der Waals surface area contributed by atoms with Crippen LogP contribution in [0.25, 0.3) is 0 Å². The third-order valence-corrected chi connectivity index (χ3v) is 4.08. The van der Waals surface area contributed by atoms with Crippen molar-refractivity contribution in [2.24, 2.45) is 0 Å². The zero-order valence-corrected chi connectivity index (χ0v) is 11.8. The molecule has 2 heterocycles. The Labute approximate surface area is 117 Å². The van der Waals surface area contributed by atoms with Gasteiger partial charge in [0.05, 0.1) is 6.20 Å². The molecule has 0 aromatic carbocycles. The number of aliphatic hydroxyl groups is 2. The van der Waals surface area contributed by atoms with Crippen LogP contribution in [0.1, 0.15) is 49.0 Å². The maximum absolute atomic E-state index is 11.0. The van der Waals surface area contributed by atoms with E-state index in [4.69, 9.17) is 4.52 Å². The first-order chi connectivity index (χ1) is 9.34. The Bertz CT molecular complexity index is 633. The number of hydrogen-bond acceptors (Lipinski definition) is 5. The van der Waals surface area contributed by atoms with Crippen molar-refractivity contribution in [2.45, 2.75) is 44.3 Å². The van der Waals surface area contributed by atoms with E-state index in [1.54, 1.807) is 12.3 Å². The molecule has 0 fully saturated rings. The summed E-state index contributed by atoms with van der Waals surface area (Å²) in [6.07, 6.45) is 2.37. The van der Waals surface area contributed by atoms with Crippen LogP contribution in [0.5, 0.6) is 0 Å². The first-order valence-electron chi connectivity index (χ1n) is 6.63. The van der Waals surface area contributed by atoms with Gasteiger partial charge in [-0.1, -0.05) is 25.1 Å². The number of nitrogens with zero attached hydrogens (tertiary/aromatic N) is 2. The Hall–Kier alpha value is -1.72. The maximum atomic E-state index is 11.0. The topological polar surface area (TPSA) is 79.4 Å². The van der Waals surface area contributed by atoms with Crippen molar-refractivity contribution < 1.29 is 14.7 Å². The van der Waals surface area contributed by atoms with Crippen molar-refractivity contribution in [3.05, 3.63) is 47.1 Å². The second-order valence-electron chi connectivity index (χ2n) is 6.19. The molecule has 0 saturated heterocycles. The SMILES string of the molecule is Cc1ccc([C@@]2(O)CC(C)(C)c3oncc3[C@@H]2O)cn1. The monoisotopic (exact) mass is 274 g/mol. The molecule has 2 atom stereocenters. The minimum Gasteiger partial charge on any atom is -0.385 e. The zero-order chi connectivity index (χ0) is 14.5. The van der Waals surface area contributed by atoms with Crippen LogP contribution in [0.3, 0.4) is 0 Å². The molecule has 0 spiro atoms. The zero-order valence-electron chi connectivity index (χ0n) is 11.8. The predicted octanol–water partition coefficient (Wildman–Crippen LogP) is 1.98. The fraction of sp³-hybridized carbons (Fsp3) is 0.467. The summed E-state index contributed by atoms with van der Waals surface area (Å²) in [4.78, 5) is 4.22. The highest BCUT2D eigenvalue weighted by Crippen LogP contribution is 2.51. The summed E-state index contributed by atoms with van der Waals surface area (Å²) >= 11 is 0. The Balaban J connectivity index is 2.13. The van der Waals surface area contributed by atoms with Gasteiger partial charge in [0, 0.05) is 28.4 Å². The average Bonchev–Trinajstić information content (AvgIpc) is 2.87. The summed E-state index contributed by atoms with van der Waals surface area (Å²) in [6.45, 7) is 5.82. The molecule has 106 valence electrons. The summed E-state index contributed by atoms with van der Waals surface area (Å²) in [5, 5.41) is 25.4. The standard InChI is InChI=1S/C15H18N2O3/c1-9-4-5-10(6-16-9)15(19)8-14(2,3)13-11(12(15)18)7-17-20-13/h4-7,12,18-19H,8H2,1-3H3/t12-,15-/m0/s1. The summed E-state index contributed by atoms with van der Waals surface area (Å²) in [5.41, 5.74) is 0.223. The van der Waals surface area contributed by atoms with Gasteiger partial charge >= 0.3 is 0 Å². The molecule has 0 aliphatic heterocycles. The molecule has 5 heteroatoms. The average molecular weight is 274 g/mol. The van der Waals surface area contributed by atoms with Crippen LogP contribution in [0.2, 0.25) is 0 Å². The lowest BCUT2D eigenvalue weighted by Gasteiger charge is -2.43. The second kappa shape index (κ2) is 4.14. The Kier molecular flexibility index (Phi) is 2.74. The van der Waals surface area contributed by atoms with Crippen LogP contribution in [0.15, 0.2) is 29.0 Å². The lowest BCUT2D eigenvalue weighted by molar-refractivity contribution is -0.112. The minimum absolute atomic E-state index is 0.341. The van der Waals surface area contributed by atoms with Crippen molar-refractivity contribution >= 4 is 0 Å². The smallest absolute Gasteiger partial charge is 0.148 e. The van der Waals surface area contributed by atoms with Gasteiger partial charge in [0.2, 0.25) is 0 Å². The Morgan fingerprint density at radius 2 is 2.05 bits per heavy atom. The second-order valence-corrected chi connectivity index (χ2v) is 6.19. The van der Waals surface area contributed by atoms with Crippen molar-refractivity contribution in [1.29, 1.82) is 0 Å². The lowest BCUT2D eigenvalue weighted by atomic mass is 9.66. The summed E-state index contributed by atoms with van der Waals surface area (Å²) in [5.74, 6) is 0.634. The van der Waals surface area contributed by atoms with E-state index >= 15 is 0 Å². The first kappa shape index (κ1) is 13.3. The van der Waals surface area contributed by atoms with Gasteiger partial charge in [0.15, 0.2) is 0 Å². The molecule has 2 aromatic heterocycles. The van der Waals surface area contributed by atoms with Crippen LogP contribution >= 0.6 is 0 Å². The summed E-state index contributed by atoms with van der Waals surface area (Å²) < 4.78 is 5.25. The molecule has 0 amide bonds. The number of rotatable bonds is 1. The third-order valence-electron chi connectivity index (χ3n) is 4.08. The molecule has 0 unspecified atom stereocenters. The lowest BCUT2D eigenvalue weighted by Crippen LogP contribution is -2.44. The van der Waals surface area contributed by atoms with Gasteiger partial charge in [0.1, 0.15) is 17.5 Å². The molecular weight excluding hydrogens is 256 g/mol. The molecule has 2 aromatic rings. The highest BCUT2D eigenvalue weighted by atomic mass is 16.5. The van der Waals surface area contributed by atoms with Gasteiger partial charge in [-0.25, -0.2) is 0 Å². The normalized spacial score (nSPS) is 28.1. The number of aromatic nitrogens is 2. The van der Waals surface area contributed by atoms with Crippen LogP contribution < -0.4 is 0 Å². The van der Waals surface area contributed by atoms with Crippen molar-refractivity contribution in [3.8, 4) is 0 Å². The largest absolute Gasteiger partial charge is 0.385 e. The number of fused-ring (bicyclic) bond motifs is 1. The van der Waals surface area contributed by atoms with Crippen LogP contribution in [0.4, 0.5) is 0 Å². The van der Waals surface area contributed by atoms with E-state index in [9.17, 15) is 10.2 Å². The van der Waals surface area contributed by atoms with Crippen LogP contribution in [-0.4, -0.2) is 20.4 Å². The van der Waals surface area contributed by atoms with E-state index in [1.165, 1.54) is 6.20 Å². The molecule has 5 nitrogen and oxygen atoms in total. The number of aryl methyl sites for hydroxylation is 1. The van der Waals surface area contributed by atoms with Gasteiger partial charge in [-0.15, -0.1) is 0 Å². The fourth-order valence-corrected chi connectivity index (χ4v) is 3.05.